The van der Waals surface area contributed by atoms with Crippen LogP contribution in [0.3, 0.4) is 0 Å². The molecule has 0 bridgehead atoms. The number of sulfonamides is 1. The van der Waals surface area contributed by atoms with Gasteiger partial charge in [-0.05, 0) is 25.5 Å². The number of pyridine rings is 1. The van der Waals surface area contributed by atoms with Crippen LogP contribution in [0.2, 0.25) is 0 Å². The minimum absolute atomic E-state index is 0.000698. The zero-order chi connectivity index (χ0) is 18.3. The number of thioether (sulfide) groups is 1. The van der Waals surface area contributed by atoms with Crippen molar-refractivity contribution < 1.29 is 18.0 Å². The molecule has 0 aliphatic heterocycles. The molecular formula is C14H22N4O4S2. The smallest absolute Gasteiger partial charge is 0.321 e. The van der Waals surface area contributed by atoms with Gasteiger partial charge in [0.05, 0.1) is 10.8 Å². The lowest BCUT2D eigenvalue weighted by Crippen LogP contribution is -2.43. The van der Waals surface area contributed by atoms with Crippen LogP contribution in [-0.4, -0.2) is 55.5 Å². The molecule has 1 rings (SSSR count). The van der Waals surface area contributed by atoms with Gasteiger partial charge in [-0.1, -0.05) is 18.7 Å². The summed E-state index contributed by atoms with van der Waals surface area (Å²) in [5.74, 6) is -0.451. The van der Waals surface area contributed by atoms with Crippen molar-refractivity contribution >= 4 is 33.7 Å². The number of amides is 3. The van der Waals surface area contributed by atoms with E-state index in [1.165, 1.54) is 32.4 Å². The summed E-state index contributed by atoms with van der Waals surface area (Å²) in [5.41, 5.74) is 0. The highest BCUT2D eigenvalue weighted by Gasteiger charge is 2.17. The molecule has 1 aromatic rings. The lowest BCUT2D eigenvalue weighted by molar-refractivity contribution is -0.117. The first-order valence-electron chi connectivity index (χ1n) is 7.28. The minimum Gasteiger partial charge on any atom is -0.335 e. The van der Waals surface area contributed by atoms with Gasteiger partial charge in [0.1, 0.15) is 4.90 Å². The molecule has 0 saturated heterocycles. The number of urea groups is 1. The van der Waals surface area contributed by atoms with E-state index < -0.39 is 22.0 Å². The molecule has 0 aromatic carbocycles. The van der Waals surface area contributed by atoms with Gasteiger partial charge in [-0.25, -0.2) is 22.5 Å². The monoisotopic (exact) mass is 374 g/mol. The van der Waals surface area contributed by atoms with E-state index in [1.54, 1.807) is 0 Å². The van der Waals surface area contributed by atoms with Gasteiger partial charge in [0.2, 0.25) is 15.9 Å². The van der Waals surface area contributed by atoms with Gasteiger partial charge in [-0.15, -0.1) is 0 Å². The van der Waals surface area contributed by atoms with Crippen LogP contribution in [0.4, 0.5) is 4.79 Å². The quantitative estimate of drug-likeness (QED) is 0.691. The van der Waals surface area contributed by atoms with E-state index in [0.29, 0.717) is 5.03 Å². The van der Waals surface area contributed by atoms with Crippen molar-refractivity contribution in [1.29, 1.82) is 0 Å². The average Bonchev–Trinajstić information content (AvgIpc) is 2.52. The molecule has 24 heavy (non-hydrogen) atoms. The minimum atomic E-state index is -3.53. The van der Waals surface area contributed by atoms with Crippen LogP contribution in [-0.2, 0) is 14.8 Å². The Balaban J connectivity index is 2.54. The van der Waals surface area contributed by atoms with Crippen molar-refractivity contribution in [3.8, 4) is 0 Å². The number of hydrogen-bond donors (Lipinski definition) is 2. The number of carbonyl (C=O) groups is 2. The van der Waals surface area contributed by atoms with Crippen LogP contribution in [0.25, 0.3) is 0 Å². The highest BCUT2D eigenvalue weighted by molar-refractivity contribution is 7.99. The topological polar surface area (TPSA) is 108 Å². The number of rotatable bonds is 7. The Labute approximate surface area is 146 Å². The predicted molar refractivity (Wildman–Crippen MR) is 92.3 cm³/mol. The molecule has 1 aromatic heterocycles. The summed E-state index contributed by atoms with van der Waals surface area (Å²) < 4.78 is 24.9. The van der Waals surface area contributed by atoms with Crippen molar-refractivity contribution in [3.05, 3.63) is 18.3 Å². The number of carbonyl (C=O) groups excluding carboxylic acids is 2. The second kappa shape index (κ2) is 9.00. The summed E-state index contributed by atoms with van der Waals surface area (Å²) in [6.07, 6.45) is 2.01. The first-order valence-corrected chi connectivity index (χ1v) is 9.71. The number of hydrogen-bond acceptors (Lipinski definition) is 6. The van der Waals surface area contributed by atoms with Gasteiger partial charge in [-0.2, -0.15) is 0 Å². The predicted octanol–water partition coefficient (Wildman–Crippen LogP) is 1.05. The van der Waals surface area contributed by atoms with Crippen LogP contribution >= 0.6 is 11.8 Å². The van der Waals surface area contributed by atoms with Crippen molar-refractivity contribution in [2.45, 2.75) is 36.2 Å². The third kappa shape index (κ3) is 6.10. The average molecular weight is 374 g/mol. The van der Waals surface area contributed by atoms with Crippen LogP contribution in [0.5, 0.6) is 0 Å². The maximum atomic E-state index is 11.9. The second-order valence-electron chi connectivity index (χ2n) is 5.24. The highest BCUT2D eigenvalue weighted by atomic mass is 32.2. The fourth-order valence-electron chi connectivity index (χ4n) is 1.48. The van der Waals surface area contributed by atoms with Crippen LogP contribution in [0, 0.1) is 0 Å². The molecular weight excluding hydrogens is 352 g/mol. The fraction of sp³-hybridized carbons (Fsp3) is 0.500. The van der Waals surface area contributed by atoms with Gasteiger partial charge >= 0.3 is 6.03 Å². The zero-order valence-electron chi connectivity index (χ0n) is 14.1. The summed E-state index contributed by atoms with van der Waals surface area (Å²) >= 11 is 1.11. The summed E-state index contributed by atoms with van der Waals surface area (Å²) in [5, 5.41) is 5.34. The first kappa shape index (κ1) is 20.4. The van der Waals surface area contributed by atoms with E-state index in [0.717, 1.165) is 22.5 Å². The third-order valence-electron chi connectivity index (χ3n) is 3.08. The molecule has 1 atom stereocenters. The number of aromatic nitrogens is 1. The normalized spacial score (nSPS) is 12.7. The Morgan fingerprint density at radius 3 is 2.50 bits per heavy atom. The Kier molecular flexibility index (Phi) is 7.64. The van der Waals surface area contributed by atoms with E-state index in [4.69, 9.17) is 0 Å². The third-order valence-corrected chi connectivity index (χ3v) is 5.82. The van der Waals surface area contributed by atoms with Crippen molar-refractivity contribution in [3.63, 3.8) is 0 Å². The zero-order valence-corrected chi connectivity index (χ0v) is 15.7. The van der Waals surface area contributed by atoms with E-state index in [-0.39, 0.29) is 16.7 Å². The molecule has 0 radical (unpaired) electrons. The number of imide groups is 1. The Bertz CT molecular complexity index is 675. The van der Waals surface area contributed by atoms with Crippen LogP contribution in [0.1, 0.15) is 20.3 Å². The van der Waals surface area contributed by atoms with Crippen molar-refractivity contribution in [2.75, 3.05) is 19.8 Å². The van der Waals surface area contributed by atoms with E-state index >= 15 is 0 Å². The lowest BCUT2D eigenvalue weighted by atomic mass is 10.3. The second-order valence-corrected chi connectivity index (χ2v) is 8.39. The van der Waals surface area contributed by atoms with E-state index in [1.807, 2.05) is 13.8 Å². The molecule has 0 fully saturated rings. The maximum absolute atomic E-state index is 11.9. The molecule has 10 heteroatoms. The number of nitrogens with zero attached hydrogens (tertiary/aromatic N) is 2. The van der Waals surface area contributed by atoms with Gasteiger partial charge in [0, 0.05) is 26.3 Å². The van der Waals surface area contributed by atoms with Gasteiger partial charge < -0.3 is 5.32 Å². The Morgan fingerprint density at radius 1 is 1.33 bits per heavy atom. The lowest BCUT2D eigenvalue weighted by Gasteiger charge is -2.12. The Morgan fingerprint density at radius 2 is 2.00 bits per heavy atom. The maximum Gasteiger partial charge on any atom is 0.321 e. The summed E-state index contributed by atoms with van der Waals surface area (Å²) in [4.78, 5) is 27.3. The number of nitrogens with one attached hydrogen (secondary N) is 2. The standard InChI is InChI=1S/C14H22N4O4S2/c1-5-10(2)16-14(20)17-12(19)9-23-13-7-6-11(8-15-13)24(21,22)18(3)4/h6-8,10H,5,9H2,1-4H3,(H2,16,17,19,20)/t10-/m1/s1. The molecule has 0 aliphatic carbocycles. The molecule has 2 N–H and O–H groups in total. The summed E-state index contributed by atoms with van der Waals surface area (Å²) in [6, 6.07) is 2.40. The molecule has 8 nitrogen and oxygen atoms in total. The fourth-order valence-corrected chi connectivity index (χ4v) is 2.97. The van der Waals surface area contributed by atoms with Crippen molar-refractivity contribution in [1.82, 2.24) is 19.9 Å². The summed E-state index contributed by atoms with van der Waals surface area (Å²) in [7, 11) is -0.651. The van der Waals surface area contributed by atoms with Gasteiger partial charge in [-0.3, -0.25) is 10.1 Å². The highest BCUT2D eigenvalue weighted by Crippen LogP contribution is 2.18. The molecule has 134 valence electrons. The first-order chi connectivity index (χ1) is 11.2. The van der Waals surface area contributed by atoms with E-state index in [9.17, 15) is 18.0 Å². The Hall–Kier alpha value is -1.65. The van der Waals surface area contributed by atoms with Gasteiger partial charge in [0.25, 0.3) is 0 Å². The molecule has 1 heterocycles. The summed E-state index contributed by atoms with van der Waals surface area (Å²) in [6.45, 7) is 3.76. The molecule has 0 aliphatic rings. The van der Waals surface area contributed by atoms with Crippen LogP contribution in [0.15, 0.2) is 28.3 Å². The van der Waals surface area contributed by atoms with Crippen molar-refractivity contribution in [2.24, 2.45) is 0 Å². The largest absolute Gasteiger partial charge is 0.335 e. The SMILES string of the molecule is CC[C@@H](C)NC(=O)NC(=O)CSc1ccc(S(=O)(=O)N(C)C)cn1. The molecule has 0 unspecified atom stereocenters. The molecule has 0 spiro atoms. The molecule has 3 amide bonds. The van der Waals surface area contributed by atoms with Gasteiger partial charge in [0.15, 0.2) is 0 Å². The molecule has 0 saturated carbocycles. The van der Waals surface area contributed by atoms with E-state index in [2.05, 4.69) is 15.6 Å². The van der Waals surface area contributed by atoms with Crippen LogP contribution < -0.4 is 10.6 Å².